The summed E-state index contributed by atoms with van der Waals surface area (Å²) in [6.45, 7) is 2.00. The van der Waals surface area contributed by atoms with E-state index in [0.29, 0.717) is 17.5 Å². The fourth-order valence-corrected chi connectivity index (χ4v) is 2.87. The number of nitrogens with two attached hydrogens (primary N) is 1. The molecule has 25 heavy (non-hydrogen) atoms. The van der Waals surface area contributed by atoms with E-state index in [1.165, 1.54) is 18.2 Å². The molecule has 6 nitrogen and oxygen atoms in total. The highest BCUT2D eigenvalue weighted by Crippen LogP contribution is 2.16. The highest BCUT2D eigenvalue weighted by Gasteiger charge is 2.13. The van der Waals surface area contributed by atoms with Crippen molar-refractivity contribution in [3.8, 4) is 0 Å². The first-order valence-electron chi connectivity index (χ1n) is 7.68. The minimum atomic E-state index is -3.80. The van der Waals surface area contributed by atoms with Crippen molar-refractivity contribution in [2.75, 3.05) is 6.54 Å². The minimum Gasteiger partial charge on any atom is -0.338 e. The lowest BCUT2D eigenvalue weighted by Crippen LogP contribution is -2.38. The Morgan fingerprint density at radius 1 is 1.20 bits per heavy atom. The van der Waals surface area contributed by atoms with Gasteiger partial charge in [-0.05, 0) is 42.7 Å². The molecular weight excluding hydrogens is 345 g/mol. The largest absolute Gasteiger partial charge is 0.338 e. The Morgan fingerprint density at radius 2 is 1.92 bits per heavy atom. The van der Waals surface area contributed by atoms with E-state index in [2.05, 4.69) is 10.6 Å². The molecule has 8 heteroatoms. The van der Waals surface area contributed by atoms with E-state index in [4.69, 9.17) is 5.14 Å². The van der Waals surface area contributed by atoms with Gasteiger partial charge in [0.15, 0.2) is 0 Å². The monoisotopic (exact) mass is 365 g/mol. The summed E-state index contributed by atoms with van der Waals surface area (Å²) in [7, 11) is -3.80. The molecule has 4 N–H and O–H groups in total. The lowest BCUT2D eigenvalue weighted by atomic mass is 10.1. The normalized spacial score (nSPS) is 12.4. The van der Waals surface area contributed by atoms with Crippen LogP contribution in [-0.4, -0.2) is 21.0 Å². The first kappa shape index (κ1) is 18.9. The molecular formula is C17H20FN3O3S. The van der Waals surface area contributed by atoms with Gasteiger partial charge >= 0.3 is 6.03 Å². The number of halogens is 1. The van der Waals surface area contributed by atoms with Crippen molar-refractivity contribution in [2.45, 2.75) is 24.3 Å². The van der Waals surface area contributed by atoms with Crippen molar-refractivity contribution in [2.24, 2.45) is 5.14 Å². The molecule has 0 spiro atoms. The summed E-state index contributed by atoms with van der Waals surface area (Å²) in [5.74, 6) is -0.308. The molecule has 1 atom stereocenters. The number of carbonyl (C=O) groups excluding carboxylic acids is 1. The van der Waals surface area contributed by atoms with E-state index in [1.807, 2.05) is 0 Å². The minimum absolute atomic E-state index is 0.0152. The van der Waals surface area contributed by atoms with E-state index in [9.17, 15) is 17.6 Å². The maximum Gasteiger partial charge on any atom is 0.315 e. The predicted octanol–water partition coefficient (Wildman–Crippen LogP) is 2.08. The number of urea groups is 1. The Morgan fingerprint density at radius 3 is 2.60 bits per heavy atom. The van der Waals surface area contributed by atoms with Crippen molar-refractivity contribution >= 4 is 16.1 Å². The van der Waals surface area contributed by atoms with Crippen molar-refractivity contribution in [1.82, 2.24) is 10.6 Å². The standard InChI is InChI=1S/C17H20FN3O3S/c1-12(14-6-4-7-15(11-14)25(19,23)24)21-17(22)20-10-9-13-5-2-3-8-16(13)18/h2-8,11-12H,9-10H2,1H3,(H2,19,23,24)(H2,20,21,22). The summed E-state index contributed by atoms with van der Waals surface area (Å²) in [5, 5.41) is 10.4. The van der Waals surface area contributed by atoms with Crippen LogP contribution in [0.4, 0.5) is 9.18 Å². The van der Waals surface area contributed by atoms with Crippen molar-refractivity contribution in [3.63, 3.8) is 0 Å². The van der Waals surface area contributed by atoms with E-state index < -0.39 is 22.1 Å². The Labute approximate surface area is 146 Å². The third kappa shape index (κ3) is 5.54. The van der Waals surface area contributed by atoms with Crippen molar-refractivity contribution in [1.29, 1.82) is 0 Å². The van der Waals surface area contributed by atoms with Gasteiger partial charge in [0.25, 0.3) is 0 Å². The second-order valence-corrected chi connectivity index (χ2v) is 7.14. The summed E-state index contributed by atoms with van der Waals surface area (Å²) >= 11 is 0. The molecule has 0 radical (unpaired) electrons. The van der Waals surface area contributed by atoms with Crippen LogP contribution in [0.5, 0.6) is 0 Å². The molecule has 0 aliphatic rings. The lowest BCUT2D eigenvalue weighted by Gasteiger charge is -2.16. The van der Waals surface area contributed by atoms with Gasteiger partial charge in [0, 0.05) is 6.54 Å². The fourth-order valence-electron chi connectivity index (χ4n) is 2.30. The molecule has 0 saturated heterocycles. The van der Waals surface area contributed by atoms with E-state index in [-0.39, 0.29) is 17.3 Å². The smallest absolute Gasteiger partial charge is 0.315 e. The van der Waals surface area contributed by atoms with Gasteiger partial charge in [-0.2, -0.15) is 0 Å². The van der Waals surface area contributed by atoms with Crippen molar-refractivity contribution in [3.05, 3.63) is 65.5 Å². The zero-order chi connectivity index (χ0) is 18.4. The third-order valence-electron chi connectivity index (χ3n) is 3.67. The van der Waals surface area contributed by atoms with Gasteiger partial charge in [-0.3, -0.25) is 0 Å². The summed E-state index contributed by atoms with van der Waals surface area (Å²) < 4.78 is 36.3. The molecule has 0 fully saturated rings. The summed E-state index contributed by atoms with van der Waals surface area (Å²) in [5.41, 5.74) is 1.13. The quantitative estimate of drug-likeness (QED) is 0.730. The molecule has 0 aromatic heterocycles. The summed E-state index contributed by atoms with van der Waals surface area (Å²) in [4.78, 5) is 11.9. The van der Waals surface area contributed by atoms with Gasteiger partial charge in [-0.25, -0.2) is 22.7 Å². The molecule has 134 valence electrons. The summed E-state index contributed by atoms with van der Waals surface area (Å²) in [6.07, 6.45) is 0.370. The molecule has 0 saturated carbocycles. The van der Waals surface area contributed by atoms with Crippen LogP contribution in [0.2, 0.25) is 0 Å². The van der Waals surface area contributed by atoms with Crippen LogP contribution in [0.15, 0.2) is 53.4 Å². The summed E-state index contributed by atoms with van der Waals surface area (Å²) in [6, 6.07) is 11.6. The second-order valence-electron chi connectivity index (χ2n) is 5.58. The number of primary sulfonamides is 1. The average Bonchev–Trinajstić information content (AvgIpc) is 2.56. The Kier molecular flexibility index (Phi) is 6.11. The van der Waals surface area contributed by atoms with Crippen LogP contribution < -0.4 is 15.8 Å². The molecule has 0 aliphatic heterocycles. The molecule has 2 aromatic rings. The number of benzene rings is 2. The molecule has 2 aromatic carbocycles. The molecule has 0 aliphatic carbocycles. The second kappa shape index (κ2) is 8.09. The van der Waals surface area contributed by atoms with Crippen LogP contribution >= 0.6 is 0 Å². The first-order chi connectivity index (χ1) is 11.8. The van der Waals surface area contributed by atoms with Gasteiger partial charge < -0.3 is 10.6 Å². The van der Waals surface area contributed by atoms with Crippen LogP contribution in [0.25, 0.3) is 0 Å². The number of hydrogen-bond donors (Lipinski definition) is 3. The van der Waals surface area contributed by atoms with Crippen LogP contribution in [0, 0.1) is 5.82 Å². The van der Waals surface area contributed by atoms with E-state index in [1.54, 1.807) is 37.3 Å². The Balaban J connectivity index is 1.89. The zero-order valence-corrected chi connectivity index (χ0v) is 14.5. The van der Waals surface area contributed by atoms with E-state index >= 15 is 0 Å². The predicted molar refractivity (Wildman–Crippen MR) is 92.9 cm³/mol. The molecule has 2 rings (SSSR count). The van der Waals surface area contributed by atoms with Crippen LogP contribution in [0.1, 0.15) is 24.1 Å². The maximum absolute atomic E-state index is 13.5. The number of amides is 2. The number of rotatable bonds is 6. The molecule has 2 amide bonds. The number of sulfonamides is 1. The number of carbonyl (C=O) groups is 1. The Hall–Kier alpha value is -2.45. The van der Waals surface area contributed by atoms with Gasteiger partial charge in [0.1, 0.15) is 5.82 Å². The number of hydrogen-bond acceptors (Lipinski definition) is 3. The average molecular weight is 365 g/mol. The third-order valence-corrected chi connectivity index (χ3v) is 4.58. The van der Waals surface area contributed by atoms with Crippen LogP contribution in [-0.2, 0) is 16.4 Å². The molecule has 0 bridgehead atoms. The molecule has 0 heterocycles. The highest BCUT2D eigenvalue weighted by atomic mass is 32.2. The van der Waals surface area contributed by atoms with Gasteiger partial charge in [0.2, 0.25) is 10.0 Å². The number of nitrogens with one attached hydrogen (secondary N) is 2. The van der Waals surface area contributed by atoms with Gasteiger partial charge in [-0.1, -0.05) is 30.3 Å². The SMILES string of the molecule is CC(NC(=O)NCCc1ccccc1F)c1cccc(S(N)(=O)=O)c1. The van der Waals surface area contributed by atoms with Crippen LogP contribution in [0.3, 0.4) is 0 Å². The molecule has 1 unspecified atom stereocenters. The topological polar surface area (TPSA) is 101 Å². The van der Waals surface area contributed by atoms with Gasteiger partial charge in [0.05, 0.1) is 10.9 Å². The highest BCUT2D eigenvalue weighted by molar-refractivity contribution is 7.89. The fraction of sp³-hybridized carbons (Fsp3) is 0.235. The Bertz CT molecular complexity index is 856. The lowest BCUT2D eigenvalue weighted by molar-refractivity contribution is 0.238. The van der Waals surface area contributed by atoms with Gasteiger partial charge in [-0.15, -0.1) is 0 Å². The van der Waals surface area contributed by atoms with Crippen molar-refractivity contribution < 1.29 is 17.6 Å². The first-order valence-corrected chi connectivity index (χ1v) is 9.22. The zero-order valence-electron chi connectivity index (χ0n) is 13.7. The van der Waals surface area contributed by atoms with E-state index in [0.717, 1.165) is 0 Å². The maximum atomic E-state index is 13.5.